The Morgan fingerprint density at radius 2 is 2.15 bits per heavy atom. The van der Waals surface area contributed by atoms with Gasteiger partial charge in [0.1, 0.15) is 17.1 Å². The number of hydrogen-bond acceptors (Lipinski definition) is 3. The van der Waals surface area contributed by atoms with Crippen molar-refractivity contribution in [1.29, 1.82) is 0 Å². The summed E-state index contributed by atoms with van der Waals surface area (Å²) in [4.78, 5) is 12.3. The van der Waals surface area contributed by atoms with Gasteiger partial charge < -0.3 is 9.84 Å². The smallest absolute Gasteiger partial charge is 0.261 e. The number of nitrogens with one attached hydrogen (secondary N) is 1. The van der Waals surface area contributed by atoms with E-state index in [1.165, 1.54) is 18.2 Å². The summed E-state index contributed by atoms with van der Waals surface area (Å²) in [6.45, 7) is 5.51. The van der Waals surface area contributed by atoms with Gasteiger partial charge in [0.15, 0.2) is 0 Å². The third kappa shape index (κ3) is 2.82. The molecule has 0 aliphatic heterocycles. The fourth-order valence-corrected chi connectivity index (χ4v) is 2.01. The van der Waals surface area contributed by atoms with Crippen LogP contribution in [0.1, 0.15) is 41.6 Å². The number of halogens is 2. The van der Waals surface area contributed by atoms with Crippen LogP contribution in [-0.4, -0.2) is 11.1 Å². The number of carbonyl (C=O) groups is 1. The molecule has 0 fully saturated rings. The summed E-state index contributed by atoms with van der Waals surface area (Å²) >= 11 is 5.68. The Hall–Kier alpha value is -1.88. The van der Waals surface area contributed by atoms with Gasteiger partial charge in [-0.1, -0.05) is 30.6 Å². The Bertz CT molecular complexity index is 653. The fraction of sp³-hybridized carbons (Fsp3) is 0.286. The minimum atomic E-state index is -0.534. The van der Waals surface area contributed by atoms with E-state index in [9.17, 15) is 9.18 Å². The minimum Gasteiger partial charge on any atom is -0.361 e. The predicted molar refractivity (Wildman–Crippen MR) is 74.7 cm³/mol. The Labute approximate surface area is 120 Å². The lowest BCUT2D eigenvalue weighted by Gasteiger charge is -2.07. The molecule has 0 unspecified atom stereocenters. The van der Waals surface area contributed by atoms with Crippen LogP contribution in [0.25, 0.3) is 0 Å². The van der Waals surface area contributed by atoms with Gasteiger partial charge in [0.2, 0.25) is 0 Å². The van der Waals surface area contributed by atoms with Crippen molar-refractivity contribution >= 4 is 23.2 Å². The van der Waals surface area contributed by atoms with Gasteiger partial charge in [0.05, 0.1) is 10.7 Å². The summed E-state index contributed by atoms with van der Waals surface area (Å²) in [5.74, 6) is -0.381. The molecule has 1 amide bonds. The van der Waals surface area contributed by atoms with Crippen LogP contribution in [0, 0.1) is 12.7 Å². The summed E-state index contributed by atoms with van der Waals surface area (Å²) in [7, 11) is 0. The molecule has 0 saturated heterocycles. The van der Waals surface area contributed by atoms with Gasteiger partial charge in [-0.25, -0.2) is 4.39 Å². The van der Waals surface area contributed by atoms with Crippen LogP contribution in [-0.2, 0) is 0 Å². The van der Waals surface area contributed by atoms with E-state index in [4.69, 9.17) is 16.1 Å². The molecule has 0 aliphatic carbocycles. The van der Waals surface area contributed by atoms with E-state index in [2.05, 4.69) is 10.5 Å². The average molecular weight is 297 g/mol. The molecule has 20 heavy (non-hydrogen) atoms. The second kappa shape index (κ2) is 5.63. The molecule has 4 nitrogen and oxygen atoms in total. The highest BCUT2D eigenvalue weighted by atomic mass is 35.5. The highest BCUT2D eigenvalue weighted by molar-refractivity contribution is 6.31. The predicted octanol–water partition coefficient (Wildman–Crippen LogP) is 4.15. The number of carbonyl (C=O) groups excluding carboxylic acids is 1. The maximum absolute atomic E-state index is 13.1. The SMILES string of the molecule is Cc1onc(C(C)C)c1C(=O)Nc1ccc(F)c(Cl)c1. The van der Waals surface area contributed by atoms with Crippen LogP contribution in [0.3, 0.4) is 0 Å². The highest BCUT2D eigenvalue weighted by Gasteiger charge is 2.22. The first-order chi connectivity index (χ1) is 9.40. The number of rotatable bonds is 3. The molecular weight excluding hydrogens is 283 g/mol. The first kappa shape index (κ1) is 14.5. The van der Waals surface area contributed by atoms with E-state index in [1.54, 1.807) is 6.92 Å². The molecule has 0 radical (unpaired) electrons. The zero-order valence-corrected chi connectivity index (χ0v) is 12.1. The van der Waals surface area contributed by atoms with Crippen LogP contribution >= 0.6 is 11.6 Å². The second-order valence-electron chi connectivity index (χ2n) is 4.74. The topological polar surface area (TPSA) is 55.1 Å². The third-order valence-electron chi connectivity index (χ3n) is 2.84. The monoisotopic (exact) mass is 296 g/mol. The molecule has 2 aromatic rings. The molecule has 0 atom stereocenters. The van der Waals surface area contributed by atoms with E-state index in [-0.39, 0.29) is 16.8 Å². The van der Waals surface area contributed by atoms with Crippen LogP contribution in [0.5, 0.6) is 0 Å². The summed E-state index contributed by atoms with van der Waals surface area (Å²) in [5, 5.41) is 6.50. The van der Waals surface area contributed by atoms with Crippen molar-refractivity contribution in [3.8, 4) is 0 Å². The molecule has 0 aliphatic rings. The molecule has 1 heterocycles. The van der Waals surface area contributed by atoms with Crippen LogP contribution in [0.4, 0.5) is 10.1 Å². The molecule has 0 saturated carbocycles. The van der Waals surface area contributed by atoms with Crippen molar-refractivity contribution < 1.29 is 13.7 Å². The van der Waals surface area contributed by atoms with Gasteiger partial charge in [0, 0.05) is 5.69 Å². The maximum atomic E-state index is 13.1. The number of aromatic nitrogens is 1. The summed E-state index contributed by atoms with van der Waals surface area (Å²) in [5.41, 5.74) is 1.41. The lowest BCUT2D eigenvalue weighted by atomic mass is 10.0. The summed E-state index contributed by atoms with van der Waals surface area (Å²) in [6, 6.07) is 3.99. The molecule has 6 heteroatoms. The maximum Gasteiger partial charge on any atom is 0.261 e. The summed E-state index contributed by atoms with van der Waals surface area (Å²) < 4.78 is 18.1. The van der Waals surface area contributed by atoms with E-state index in [1.807, 2.05) is 13.8 Å². The van der Waals surface area contributed by atoms with Crippen LogP contribution < -0.4 is 5.32 Å². The van der Waals surface area contributed by atoms with Crippen molar-refractivity contribution in [3.63, 3.8) is 0 Å². The van der Waals surface area contributed by atoms with E-state index >= 15 is 0 Å². The molecule has 0 bridgehead atoms. The first-order valence-electron chi connectivity index (χ1n) is 6.12. The average Bonchev–Trinajstić information content (AvgIpc) is 2.76. The van der Waals surface area contributed by atoms with Crippen LogP contribution in [0.15, 0.2) is 22.7 Å². The Balaban J connectivity index is 2.28. The third-order valence-corrected chi connectivity index (χ3v) is 3.13. The molecule has 2 rings (SSSR count). The van der Waals surface area contributed by atoms with Crippen molar-refractivity contribution in [2.75, 3.05) is 5.32 Å². The largest absolute Gasteiger partial charge is 0.361 e. The minimum absolute atomic E-state index is 0.0473. The van der Waals surface area contributed by atoms with Gasteiger partial charge in [0.25, 0.3) is 5.91 Å². The second-order valence-corrected chi connectivity index (χ2v) is 5.14. The van der Waals surface area contributed by atoms with Crippen LogP contribution in [0.2, 0.25) is 5.02 Å². The van der Waals surface area contributed by atoms with Crippen molar-refractivity contribution in [2.45, 2.75) is 26.7 Å². The molecule has 0 spiro atoms. The zero-order chi connectivity index (χ0) is 14.9. The Kier molecular flexibility index (Phi) is 4.09. The molecule has 1 N–H and O–H groups in total. The number of aryl methyl sites for hydroxylation is 1. The number of hydrogen-bond donors (Lipinski definition) is 1. The van der Waals surface area contributed by atoms with Gasteiger partial charge in [-0.3, -0.25) is 4.79 Å². The quantitative estimate of drug-likeness (QED) is 0.925. The molecule has 1 aromatic carbocycles. The molecule has 1 aromatic heterocycles. The van der Waals surface area contributed by atoms with Crippen molar-refractivity contribution in [1.82, 2.24) is 5.16 Å². The summed E-state index contributed by atoms with van der Waals surface area (Å²) in [6.07, 6.45) is 0. The number of benzene rings is 1. The van der Waals surface area contributed by atoms with Gasteiger partial charge in [-0.05, 0) is 31.0 Å². The number of nitrogens with zero attached hydrogens (tertiary/aromatic N) is 1. The van der Waals surface area contributed by atoms with Crippen molar-refractivity contribution in [2.24, 2.45) is 0 Å². The van der Waals surface area contributed by atoms with Gasteiger partial charge >= 0.3 is 0 Å². The number of amides is 1. The Morgan fingerprint density at radius 3 is 2.75 bits per heavy atom. The lowest BCUT2D eigenvalue weighted by Crippen LogP contribution is -2.15. The lowest BCUT2D eigenvalue weighted by molar-refractivity contribution is 0.102. The standard InChI is InChI=1S/C14H14ClFN2O2/c1-7(2)13-12(8(3)20-18-13)14(19)17-9-4-5-11(16)10(15)6-9/h4-7H,1-3H3,(H,17,19). The van der Waals surface area contributed by atoms with Gasteiger partial charge in [-0.15, -0.1) is 0 Å². The fourth-order valence-electron chi connectivity index (χ4n) is 1.83. The zero-order valence-electron chi connectivity index (χ0n) is 11.3. The van der Waals surface area contributed by atoms with Gasteiger partial charge in [-0.2, -0.15) is 0 Å². The molecule has 106 valence electrons. The van der Waals surface area contributed by atoms with E-state index < -0.39 is 5.82 Å². The highest BCUT2D eigenvalue weighted by Crippen LogP contribution is 2.24. The van der Waals surface area contributed by atoms with Crippen molar-refractivity contribution in [3.05, 3.63) is 46.1 Å². The van der Waals surface area contributed by atoms with E-state index in [0.29, 0.717) is 22.7 Å². The normalized spacial score (nSPS) is 10.9. The van der Waals surface area contributed by atoms with E-state index in [0.717, 1.165) is 0 Å². The molecular formula is C14H14ClFN2O2. The number of anilines is 1. The first-order valence-corrected chi connectivity index (χ1v) is 6.50. The Morgan fingerprint density at radius 1 is 1.45 bits per heavy atom.